The highest BCUT2D eigenvalue weighted by atomic mass is 32.2. The molecule has 0 aliphatic carbocycles. The molecule has 32 heavy (non-hydrogen) atoms. The number of ether oxygens (including phenoxy) is 1. The minimum atomic E-state index is -4.03. The number of carbonyl (C=O) groups excluding carboxylic acids is 2. The molecule has 0 saturated carbocycles. The van der Waals surface area contributed by atoms with Crippen molar-refractivity contribution in [3.8, 4) is 5.75 Å². The Hall–Kier alpha value is -2.91. The first-order valence-corrected chi connectivity index (χ1v) is 11.7. The molecule has 9 heteroatoms. The maximum absolute atomic E-state index is 12.5. The van der Waals surface area contributed by atoms with Crippen molar-refractivity contribution in [1.82, 2.24) is 4.90 Å². The van der Waals surface area contributed by atoms with Crippen LogP contribution in [-0.2, 0) is 31.0 Å². The Bertz CT molecular complexity index is 1000. The van der Waals surface area contributed by atoms with Crippen LogP contribution in [0.4, 0.5) is 5.69 Å². The first-order valence-electron chi connectivity index (χ1n) is 10.3. The molecule has 2 aromatic carbocycles. The highest BCUT2D eigenvalue weighted by molar-refractivity contribution is 7.87. The molecule has 0 aromatic heterocycles. The van der Waals surface area contributed by atoms with Crippen molar-refractivity contribution in [3.63, 3.8) is 0 Å². The summed E-state index contributed by atoms with van der Waals surface area (Å²) in [5.74, 6) is 0.212. The topological polar surface area (TPSA) is 102 Å². The molecule has 0 aliphatic heterocycles. The van der Waals surface area contributed by atoms with Gasteiger partial charge in [-0.25, -0.2) is 0 Å². The molecule has 0 bridgehead atoms. The Morgan fingerprint density at radius 3 is 2.19 bits per heavy atom. The van der Waals surface area contributed by atoms with Crippen LogP contribution in [0, 0.1) is 5.92 Å². The molecule has 0 radical (unpaired) electrons. The van der Waals surface area contributed by atoms with Gasteiger partial charge in [0.05, 0.1) is 6.61 Å². The molecule has 0 aliphatic rings. The van der Waals surface area contributed by atoms with Crippen molar-refractivity contribution in [2.24, 2.45) is 5.92 Å². The molecule has 0 spiro atoms. The van der Waals surface area contributed by atoms with E-state index >= 15 is 0 Å². The Labute approximate surface area is 189 Å². The molecule has 8 nitrogen and oxygen atoms in total. The third kappa shape index (κ3) is 7.97. The normalized spacial score (nSPS) is 11.3. The lowest BCUT2D eigenvalue weighted by atomic mass is 10.1. The number of carbonyl (C=O) groups is 2. The highest BCUT2D eigenvalue weighted by Crippen LogP contribution is 2.21. The van der Waals surface area contributed by atoms with Gasteiger partial charge in [-0.3, -0.25) is 9.59 Å². The SMILES string of the molecule is COCCN(Cc1ccc(OS(=O)(=O)c2ccc(NC(C)=O)cc2)cc1)C(=O)CC(C)C. The van der Waals surface area contributed by atoms with Crippen molar-refractivity contribution in [2.45, 2.75) is 38.6 Å². The number of hydrogen-bond donors (Lipinski definition) is 1. The number of anilines is 1. The molecular formula is C23H30N2O6S. The van der Waals surface area contributed by atoms with Crippen molar-refractivity contribution < 1.29 is 26.9 Å². The third-order valence-electron chi connectivity index (χ3n) is 4.47. The Balaban J connectivity index is 2.07. The number of amides is 2. The van der Waals surface area contributed by atoms with Crippen molar-refractivity contribution >= 4 is 27.6 Å². The van der Waals surface area contributed by atoms with E-state index in [9.17, 15) is 18.0 Å². The minimum Gasteiger partial charge on any atom is -0.383 e. The minimum absolute atomic E-state index is 0.0271. The molecule has 1 N–H and O–H groups in total. The van der Waals surface area contributed by atoms with Crippen LogP contribution in [0.2, 0.25) is 0 Å². The number of nitrogens with one attached hydrogen (secondary N) is 1. The van der Waals surface area contributed by atoms with Gasteiger partial charge in [0, 0.05) is 39.2 Å². The number of methoxy groups -OCH3 is 1. The van der Waals surface area contributed by atoms with Gasteiger partial charge in [0.2, 0.25) is 11.8 Å². The summed E-state index contributed by atoms with van der Waals surface area (Å²) in [6, 6.07) is 12.3. The summed E-state index contributed by atoms with van der Waals surface area (Å²) in [4.78, 5) is 25.3. The molecule has 2 aromatic rings. The molecule has 2 amide bonds. The molecule has 174 valence electrons. The second kappa shape index (κ2) is 11.6. The van der Waals surface area contributed by atoms with Gasteiger partial charge in [0.25, 0.3) is 0 Å². The predicted octanol–water partition coefficient (Wildman–Crippen LogP) is 3.43. The van der Waals surface area contributed by atoms with Crippen LogP contribution in [0.1, 0.15) is 32.8 Å². The lowest BCUT2D eigenvalue weighted by Crippen LogP contribution is -2.34. The molecule has 0 saturated heterocycles. The second-order valence-electron chi connectivity index (χ2n) is 7.79. The van der Waals surface area contributed by atoms with E-state index < -0.39 is 10.1 Å². The highest BCUT2D eigenvalue weighted by Gasteiger charge is 2.18. The lowest BCUT2D eigenvalue weighted by molar-refractivity contribution is -0.133. The zero-order valence-electron chi connectivity index (χ0n) is 18.8. The molecule has 0 fully saturated rings. The molecular weight excluding hydrogens is 432 g/mol. The predicted molar refractivity (Wildman–Crippen MR) is 122 cm³/mol. The first-order chi connectivity index (χ1) is 15.1. The van der Waals surface area contributed by atoms with Crippen LogP contribution in [0.5, 0.6) is 5.75 Å². The maximum Gasteiger partial charge on any atom is 0.339 e. The fourth-order valence-corrected chi connectivity index (χ4v) is 3.86. The van der Waals surface area contributed by atoms with E-state index in [1.54, 1.807) is 36.3 Å². The largest absolute Gasteiger partial charge is 0.383 e. The van der Waals surface area contributed by atoms with E-state index in [2.05, 4.69) is 5.32 Å². The second-order valence-corrected chi connectivity index (χ2v) is 9.34. The quantitative estimate of drug-likeness (QED) is 0.513. The third-order valence-corrected chi connectivity index (χ3v) is 5.73. The van der Waals surface area contributed by atoms with Gasteiger partial charge in [-0.15, -0.1) is 0 Å². The first kappa shape index (κ1) is 25.4. The van der Waals surface area contributed by atoms with Crippen LogP contribution in [0.25, 0.3) is 0 Å². The van der Waals surface area contributed by atoms with E-state index in [1.807, 2.05) is 13.8 Å². The van der Waals surface area contributed by atoms with Crippen LogP contribution < -0.4 is 9.50 Å². The van der Waals surface area contributed by atoms with Crippen LogP contribution in [0.15, 0.2) is 53.4 Å². The monoisotopic (exact) mass is 462 g/mol. The summed E-state index contributed by atoms with van der Waals surface area (Å²) in [7, 11) is -2.44. The van der Waals surface area contributed by atoms with Crippen LogP contribution in [0.3, 0.4) is 0 Å². The van der Waals surface area contributed by atoms with Crippen molar-refractivity contribution in [3.05, 3.63) is 54.1 Å². The lowest BCUT2D eigenvalue weighted by Gasteiger charge is -2.23. The number of nitrogens with zero attached hydrogens (tertiary/aromatic N) is 1. The van der Waals surface area contributed by atoms with Crippen LogP contribution in [-0.4, -0.2) is 45.4 Å². The average molecular weight is 463 g/mol. The summed E-state index contributed by atoms with van der Waals surface area (Å²) in [5, 5.41) is 2.58. The summed E-state index contributed by atoms with van der Waals surface area (Å²) < 4.78 is 35.4. The number of rotatable bonds is 11. The molecule has 2 rings (SSSR count). The van der Waals surface area contributed by atoms with E-state index in [-0.39, 0.29) is 28.4 Å². The van der Waals surface area contributed by atoms with Gasteiger partial charge in [-0.1, -0.05) is 26.0 Å². The van der Waals surface area contributed by atoms with Gasteiger partial charge >= 0.3 is 10.1 Å². The Morgan fingerprint density at radius 2 is 1.66 bits per heavy atom. The summed E-state index contributed by atoms with van der Waals surface area (Å²) in [6.45, 7) is 6.66. The van der Waals surface area contributed by atoms with E-state index in [1.165, 1.54) is 31.2 Å². The number of benzene rings is 2. The van der Waals surface area contributed by atoms with Gasteiger partial charge in [-0.05, 0) is 47.9 Å². The van der Waals surface area contributed by atoms with Crippen LogP contribution >= 0.6 is 0 Å². The summed E-state index contributed by atoms with van der Waals surface area (Å²) in [6.07, 6.45) is 0.448. The van der Waals surface area contributed by atoms with Gasteiger partial charge < -0.3 is 19.1 Å². The fraction of sp³-hybridized carbons (Fsp3) is 0.391. The van der Waals surface area contributed by atoms with E-state index in [4.69, 9.17) is 8.92 Å². The van der Waals surface area contributed by atoms with E-state index in [0.717, 1.165) is 5.56 Å². The van der Waals surface area contributed by atoms with Gasteiger partial charge in [0.1, 0.15) is 10.6 Å². The molecule has 0 atom stereocenters. The summed E-state index contributed by atoms with van der Waals surface area (Å²) in [5.41, 5.74) is 1.34. The zero-order valence-corrected chi connectivity index (χ0v) is 19.6. The summed E-state index contributed by atoms with van der Waals surface area (Å²) >= 11 is 0. The average Bonchev–Trinajstić information content (AvgIpc) is 2.71. The molecule has 0 unspecified atom stereocenters. The maximum atomic E-state index is 12.5. The van der Waals surface area contributed by atoms with Gasteiger partial charge in [0.15, 0.2) is 0 Å². The molecule has 0 heterocycles. The standard InChI is InChI=1S/C23H30N2O6S/c1-17(2)15-23(27)25(13-14-30-4)16-19-5-9-21(10-6-19)31-32(28,29)22-11-7-20(8-12-22)24-18(3)26/h5-12,17H,13-16H2,1-4H3,(H,24,26). The Morgan fingerprint density at radius 1 is 1.03 bits per heavy atom. The number of hydrogen-bond acceptors (Lipinski definition) is 6. The van der Waals surface area contributed by atoms with E-state index in [0.29, 0.717) is 31.8 Å². The Kier molecular flexibility index (Phi) is 9.22. The van der Waals surface area contributed by atoms with Crippen molar-refractivity contribution in [2.75, 3.05) is 25.6 Å². The van der Waals surface area contributed by atoms with Crippen molar-refractivity contribution in [1.29, 1.82) is 0 Å². The van der Waals surface area contributed by atoms with Gasteiger partial charge in [-0.2, -0.15) is 8.42 Å². The fourth-order valence-electron chi connectivity index (χ4n) is 2.93. The smallest absolute Gasteiger partial charge is 0.339 e. The zero-order chi connectivity index (χ0) is 23.7.